The Morgan fingerprint density at radius 2 is 2.21 bits per heavy atom. The molecule has 1 atom stereocenters. The van der Waals surface area contributed by atoms with Crippen molar-refractivity contribution in [1.82, 2.24) is 4.98 Å². The van der Waals surface area contributed by atoms with Crippen LogP contribution in [0.5, 0.6) is 0 Å². The molecule has 0 bridgehead atoms. The highest BCUT2D eigenvalue weighted by Crippen LogP contribution is 2.28. The number of nitrogens with zero attached hydrogens (tertiary/aromatic N) is 2. The Kier molecular flexibility index (Phi) is 4.66. The Morgan fingerprint density at radius 3 is 2.83 bits per heavy atom. The largest absolute Gasteiger partial charge is 0.326 e. The van der Waals surface area contributed by atoms with Gasteiger partial charge in [-0.05, 0) is 45.4 Å². The van der Waals surface area contributed by atoms with Crippen LogP contribution in [0.15, 0.2) is 24.3 Å². The minimum atomic E-state index is -0.0697. The lowest BCUT2D eigenvalue weighted by molar-refractivity contribution is -0.117. The third-order valence-electron chi connectivity index (χ3n) is 4.21. The standard InChI is InChI=1S/C18H21N3O2S/c1-11-7-8-18(23)21(11)15-6-4-5-14(9-15)20-17(22)10-16-12(2)19-13(3)24-16/h4-6,9,11H,7-8,10H2,1-3H3,(H,20,22)/t11-/m0/s1. The number of thiazole rings is 1. The number of rotatable bonds is 4. The fourth-order valence-corrected chi connectivity index (χ4v) is 3.98. The van der Waals surface area contributed by atoms with Crippen LogP contribution in [0.3, 0.4) is 0 Å². The molecule has 1 aromatic carbocycles. The predicted molar refractivity (Wildman–Crippen MR) is 96.5 cm³/mol. The number of amides is 2. The summed E-state index contributed by atoms with van der Waals surface area (Å²) in [6.07, 6.45) is 1.78. The van der Waals surface area contributed by atoms with E-state index in [4.69, 9.17) is 0 Å². The summed E-state index contributed by atoms with van der Waals surface area (Å²) in [6, 6.07) is 7.68. The van der Waals surface area contributed by atoms with Crippen molar-refractivity contribution in [2.75, 3.05) is 10.2 Å². The second-order valence-electron chi connectivity index (χ2n) is 6.17. The highest BCUT2D eigenvalue weighted by molar-refractivity contribution is 7.11. The molecule has 2 amide bonds. The van der Waals surface area contributed by atoms with Gasteiger partial charge in [-0.1, -0.05) is 6.07 Å². The minimum Gasteiger partial charge on any atom is -0.326 e. The van der Waals surface area contributed by atoms with Crippen molar-refractivity contribution in [2.45, 2.75) is 46.1 Å². The van der Waals surface area contributed by atoms with Gasteiger partial charge in [0.1, 0.15) is 0 Å². The van der Waals surface area contributed by atoms with Crippen LogP contribution in [0.1, 0.15) is 35.3 Å². The minimum absolute atomic E-state index is 0.0697. The van der Waals surface area contributed by atoms with Crippen molar-refractivity contribution in [1.29, 1.82) is 0 Å². The highest BCUT2D eigenvalue weighted by Gasteiger charge is 2.28. The number of hydrogen-bond donors (Lipinski definition) is 1. The molecule has 6 heteroatoms. The highest BCUT2D eigenvalue weighted by atomic mass is 32.1. The summed E-state index contributed by atoms with van der Waals surface area (Å²) in [7, 11) is 0. The maximum atomic E-state index is 12.3. The molecule has 1 saturated heterocycles. The second-order valence-corrected chi connectivity index (χ2v) is 7.46. The average molecular weight is 343 g/mol. The van der Waals surface area contributed by atoms with Gasteiger partial charge in [0.15, 0.2) is 0 Å². The number of benzene rings is 1. The molecule has 0 spiro atoms. The summed E-state index contributed by atoms with van der Waals surface area (Å²) < 4.78 is 0. The normalized spacial score (nSPS) is 17.4. The molecule has 2 heterocycles. The average Bonchev–Trinajstić information content (AvgIpc) is 3.01. The fourth-order valence-electron chi connectivity index (χ4n) is 3.05. The molecule has 1 N–H and O–H groups in total. The molecular formula is C18H21N3O2S. The summed E-state index contributed by atoms with van der Waals surface area (Å²) in [4.78, 5) is 31.5. The van der Waals surface area contributed by atoms with Gasteiger partial charge in [0.25, 0.3) is 0 Å². The van der Waals surface area contributed by atoms with Gasteiger partial charge in [0.05, 0.1) is 17.1 Å². The molecule has 24 heavy (non-hydrogen) atoms. The second kappa shape index (κ2) is 6.73. The van der Waals surface area contributed by atoms with Crippen molar-refractivity contribution in [3.63, 3.8) is 0 Å². The molecule has 1 aromatic heterocycles. The van der Waals surface area contributed by atoms with Gasteiger partial charge in [-0.15, -0.1) is 11.3 Å². The summed E-state index contributed by atoms with van der Waals surface area (Å²) in [5, 5.41) is 3.89. The van der Waals surface area contributed by atoms with E-state index in [0.717, 1.165) is 27.7 Å². The van der Waals surface area contributed by atoms with Crippen LogP contribution in [-0.4, -0.2) is 22.8 Å². The van der Waals surface area contributed by atoms with Crippen LogP contribution in [0.4, 0.5) is 11.4 Å². The third kappa shape index (κ3) is 3.48. The quantitative estimate of drug-likeness (QED) is 0.925. The van der Waals surface area contributed by atoms with Gasteiger partial charge in [0.2, 0.25) is 11.8 Å². The molecule has 0 unspecified atom stereocenters. The van der Waals surface area contributed by atoms with Crippen molar-refractivity contribution in [2.24, 2.45) is 0 Å². The van der Waals surface area contributed by atoms with Crippen molar-refractivity contribution in [3.05, 3.63) is 39.8 Å². The molecule has 0 aliphatic carbocycles. The Labute approximate surface area is 145 Å². The monoisotopic (exact) mass is 343 g/mol. The zero-order valence-electron chi connectivity index (χ0n) is 14.1. The topological polar surface area (TPSA) is 62.3 Å². The zero-order chi connectivity index (χ0) is 17.3. The number of hydrogen-bond acceptors (Lipinski definition) is 4. The van der Waals surface area contributed by atoms with Crippen molar-refractivity contribution >= 4 is 34.5 Å². The molecule has 0 saturated carbocycles. The molecule has 1 aliphatic rings. The van der Waals surface area contributed by atoms with E-state index in [2.05, 4.69) is 10.3 Å². The molecule has 1 fully saturated rings. The van der Waals surface area contributed by atoms with Gasteiger partial charge >= 0.3 is 0 Å². The van der Waals surface area contributed by atoms with E-state index in [0.29, 0.717) is 18.5 Å². The molecule has 5 nitrogen and oxygen atoms in total. The van der Waals surface area contributed by atoms with Crippen LogP contribution >= 0.6 is 11.3 Å². The Hall–Kier alpha value is -2.21. The van der Waals surface area contributed by atoms with Crippen LogP contribution in [0, 0.1) is 13.8 Å². The number of anilines is 2. The Morgan fingerprint density at radius 1 is 1.42 bits per heavy atom. The summed E-state index contributed by atoms with van der Waals surface area (Å²) in [6.45, 7) is 5.91. The first kappa shape index (κ1) is 16.6. The molecule has 126 valence electrons. The van der Waals surface area contributed by atoms with E-state index in [1.807, 2.05) is 49.9 Å². The van der Waals surface area contributed by atoms with Crippen LogP contribution < -0.4 is 10.2 Å². The zero-order valence-corrected chi connectivity index (χ0v) is 14.9. The fraction of sp³-hybridized carbons (Fsp3) is 0.389. The molecule has 1 aliphatic heterocycles. The van der Waals surface area contributed by atoms with E-state index >= 15 is 0 Å². The predicted octanol–water partition coefficient (Wildman–Crippen LogP) is 3.46. The number of carbonyl (C=O) groups is 2. The first-order valence-corrected chi connectivity index (χ1v) is 8.90. The lowest BCUT2D eigenvalue weighted by Crippen LogP contribution is -2.30. The van der Waals surface area contributed by atoms with Crippen molar-refractivity contribution < 1.29 is 9.59 Å². The first-order chi connectivity index (χ1) is 11.4. The molecular weight excluding hydrogens is 322 g/mol. The molecule has 2 aromatic rings. The van der Waals surface area contributed by atoms with E-state index in [-0.39, 0.29) is 17.9 Å². The maximum Gasteiger partial charge on any atom is 0.229 e. The van der Waals surface area contributed by atoms with E-state index in [9.17, 15) is 9.59 Å². The maximum absolute atomic E-state index is 12.3. The summed E-state index contributed by atoms with van der Waals surface area (Å²) >= 11 is 1.55. The summed E-state index contributed by atoms with van der Waals surface area (Å²) in [5.74, 6) is 0.0708. The number of aryl methyl sites for hydroxylation is 2. The van der Waals surface area contributed by atoms with Crippen LogP contribution in [0.25, 0.3) is 0 Å². The lowest BCUT2D eigenvalue weighted by atomic mass is 10.2. The van der Waals surface area contributed by atoms with Gasteiger partial charge in [0, 0.05) is 28.7 Å². The number of aromatic nitrogens is 1. The lowest BCUT2D eigenvalue weighted by Gasteiger charge is -2.22. The van der Waals surface area contributed by atoms with Crippen LogP contribution in [-0.2, 0) is 16.0 Å². The van der Waals surface area contributed by atoms with Gasteiger partial charge in [-0.25, -0.2) is 4.98 Å². The van der Waals surface area contributed by atoms with Gasteiger partial charge in [-0.3, -0.25) is 9.59 Å². The summed E-state index contributed by atoms with van der Waals surface area (Å²) in [5.41, 5.74) is 2.47. The smallest absolute Gasteiger partial charge is 0.229 e. The molecule has 0 radical (unpaired) electrons. The molecule has 3 rings (SSSR count). The first-order valence-electron chi connectivity index (χ1n) is 8.09. The Bertz CT molecular complexity index is 784. The van der Waals surface area contributed by atoms with E-state index in [1.54, 1.807) is 11.3 Å². The van der Waals surface area contributed by atoms with Gasteiger partial charge < -0.3 is 10.2 Å². The van der Waals surface area contributed by atoms with Gasteiger partial charge in [-0.2, -0.15) is 0 Å². The Balaban J connectivity index is 1.71. The van der Waals surface area contributed by atoms with Crippen LogP contribution in [0.2, 0.25) is 0 Å². The number of carbonyl (C=O) groups excluding carboxylic acids is 2. The van der Waals surface area contributed by atoms with E-state index < -0.39 is 0 Å². The third-order valence-corrected chi connectivity index (χ3v) is 5.29. The number of nitrogens with one attached hydrogen (secondary N) is 1. The van der Waals surface area contributed by atoms with Crippen molar-refractivity contribution in [3.8, 4) is 0 Å². The van der Waals surface area contributed by atoms with E-state index in [1.165, 1.54) is 0 Å². The SMILES string of the molecule is Cc1nc(C)c(CC(=O)Nc2cccc(N3C(=O)CC[C@@H]3C)c2)s1.